The summed E-state index contributed by atoms with van der Waals surface area (Å²) in [6, 6.07) is 2.88. The summed E-state index contributed by atoms with van der Waals surface area (Å²) in [6.07, 6.45) is 5.51. The van der Waals surface area contributed by atoms with Crippen molar-refractivity contribution in [2.45, 2.75) is 37.8 Å². The van der Waals surface area contributed by atoms with Gasteiger partial charge in [-0.3, -0.25) is 4.79 Å². The van der Waals surface area contributed by atoms with Crippen LogP contribution < -0.4 is 5.56 Å². The molecule has 0 spiro atoms. The molecule has 1 aliphatic carbocycles. The number of ether oxygens (including phenoxy) is 1. The van der Waals surface area contributed by atoms with Crippen LogP contribution in [-0.4, -0.2) is 28.9 Å². The average Bonchev–Trinajstić information content (AvgIpc) is 2.38. The molecule has 1 N–H and O–H groups in total. The number of aromatic carboxylic acids is 1. The second-order valence-electron chi connectivity index (χ2n) is 4.57. The van der Waals surface area contributed by atoms with Gasteiger partial charge in [-0.2, -0.15) is 0 Å². The highest BCUT2D eigenvalue weighted by atomic mass is 16.5. The van der Waals surface area contributed by atoms with Gasteiger partial charge in [0.05, 0.1) is 12.1 Å². The Bertz CT molecular complexity index is 494. The second kappa shape index (κ2) is 5.35. The maximum Gasteiger partial charge on any atom is 0.341 e. The van der Waals surface area contributed by atoms with Crippen LogP contribution in [0.2, 0.25) is 0 Å². The maximum atomic E-state index is 12.1. The highest BCUT2D eigenvalue weighted by Crippen LogP contribution is 2.29. The lowest BCUT2D eigenvalue weighted by molar-refractivity contribution is 0.0275. The van der Waals surface area contributed by atoms with E-state index in [2.05, 4.69) is 0 Å². The average molecular weight is 251 g/mol. The first kappa shape index (κ1) is 12.8. The molecule has 98 valence electrons. The second-order valence-corrected chi connectivity index (χ2v) is 4.57. The molecule has 1 saturated carbocycles. The summed E-state index contributed by atoms with van der Waals surface area (Å²) >= 11 is 0. The standard InChI is InChI=1S/C13H17NO4/c1-18-11-7-3-2-6-10(11)14-8-4-5-9(12(14)15)13(16)17/h4-5,8,10-11H,2-3,6-7H2,1H3,(H,16,17)/t10?,11-/m1/s1. The van der Waals surface area contributed by atoms with E-state index in [1.54, 1.807) is 19.4 Å². The molecule has 0 aromatic carbocycles. The van der Waals surface area contributed by atoms with E-state index in [9.17, 15) is 9.59 Å². The number of methoxy groups -OCH3 is 1. The van der Waals surface area contributed by atoms with Gasteiger partial charge in [0.2, 0.25) is 0 Å². The molecule has 5 nitrogen and oxygen atoms in total. The number of hydrogen-bond donors (Lipinski definition) is 1. The molecule has 1 aromatic heterocycles. The third kappa shape index (κ3) is 2.31. The lowest BCUT2D eigenvalue weighted by atomic mass is 9.92. The number of carboxylic acid groups (broad SMARTS) is 1. The molecule has 18 heavy (non-hydrogen) atoms. The molecule has 0 bridgehead atoms. The molecule has 0 radical (unpaired) electrons. The molecule has 0 amide bonds. The number of carbonyl (C=O) groups is 1. The molecule has 1 aromatic rings. The van der Waals surface area contributed by atoms with Crippen molar-refractivity contribution >= 4 is 5.97 Å². The minimum absolute atomic E-state index is 0.0134. The van der Waals surface area contributed by atoms with Crippen molar-refractivity contribution in [3.63, 3.8) is 0 Å². The zero-order valence-electron chi connectivity index (χ0n) is 10.3. The van der Waals surface area contributed by atoms with Crippen LogP contribution in [-0.2, 0) is 4.74 Å². The Balaban J connectivity index is 2.41. The first-order valence-electron chi connectivity index (χ1n) is 6.12. The Hall–Kier alpha value is -1.62. The van der Waals surface area contributed by atoms with Crippen LogP contribution in [0.15, 0.2) is 23.1 Å². The van der Waals surface area contributed by atoms with Crippen LogP contribution >= 0.6 is 0 Å². The number of nitrogens with zero attached hydrogens (tertiary/aromatic N) is 1. The molecule has 0 saturated heterocycles. The first-order valence-corrected chi connectivity index (χ1v) is 6.12. The molecule has 1 aliphatic rings. The SMILES string of the molecule is CO[C@@H]1CCCCC1n1cccc(C(=O)O)c1=O. The lowest BCUT2D eigenvalue weighted by Crippen LogP contribution is -2.37. The van der Waals surface area contributed by atoms with Crippen molar-refractivity contribution in [1.82, 2.24) is 4.57 Å². The summed E-state index contributed by atoms with van der Waals surface area (Å²) in [5, 5.41) is 8.97. The van der Waals surface area contributed by atoms with Gasteiger partial charge in [0.25, 0.3) is 5.56 Å². The Morgan fingerprint density at radius 3 is 2.83 bits per heavy atom. The van der Waals surface area contributed by atoms with Gasteiger partial charge >= 0.3 is 5.97 Å². The number of hydrogen-bond acceptors (Lipinski definition) is 3. The number of carboxylic acids is 1. The van der Waals surface area contributed by atoms with E-state index in [0.29, 0.717) is 0 Å². The highest BCUT2D eigenvalue weighted by Gasteiger charge is 2.27. The number of aromatic nitrogens is 1. The van der Waals surface area contributed by atoms with E-state index in [-0.39, 0.29) is 17.7 Å². The van der Waals surface area contributed by atoms with Crippen LogP contribution in [0, 0.1) is 0 Å². The summed E-state index contributed by atoms with van der Waals surface area (Å²) < 4.78 is 6.92. The van der Waals surface area contributed by atoms with Crippen molar-refractivity contribution < 1.29 is 14.6 Å². The van der Waals surface area contributed by atoms with Crippen LogP contribution in [0.3, 0.4) is 0 Å². The molecular formula is C13H17NO4. The smallest absolute Gasteiger partial charge is 0.341 e. The topological polar surface area (TPSA) is 68.5 Å². The summed E-state index contributed by atoms with van der Waals surface area (Å²) in [5.74, 6) is -1.18. The Kier molecular flexibility index (Phi) is 3.81. The monoisotopic (exact) mass is 251 g/mol. The maximum absolute atomic E-state index is 12.1. The quantitative estimate of drug-likeness (QED) is 0.887. The van der Waals surface area contributed by atoms with E-state index in [0.717, 1.165) is 25.7 Å². The van der Waals surface area contributed by atoms with Gasteiger partial charge in [0.15, 0.2) is 0 Å². The van der Waals surface area contributed by atoms with E-state index in [1.807, 2.05) is 0 Å². The fourth-order valence-electron chi connectivity index (χ4n) is 2.60. The van der Waals surface area contributed by atoms with Crippen LogP contribution in [0.4, 0.5) is 0 Å². The van der Waals surface area contributed by atoms with Crippen molar-refractivity contribution in [2.75, 3.05) is 7.11 Å². The molecule has 5 heteroatoms. The third-order valence-corrected chi connectivity index (χ3v) is 3.53. The predicted octanol–water partition coefficient (Wildman–Crippen LogP) is 1.68. The van der Waals surface area contributed by atoms with Gasteiger partial charge in [-0.05, 0) is 25.0 Å². The van der Waals surface area contributed by atoms with Gasteiger partial charge in [0.1, 0.15) is 5.56 Å². The zero-order valence-corrected chi connectivity index (χ0v) is 10.3. The van der Waals surface area contributed by atoms with Crippen molar-refractivity contribution in [1.29, 1.82) is 0 Å². The zero-order chi connectivity index (χ0) is 13.1. The van der Waals surface area contributed by atoms with E-state index >= 15 is 0 Å². The van der Waals surface area contributed by atoms with Gasteiger partial charge in [-0.1, -0.05) is 12.8 Å². The summed E-state index contributed by atoms with van der Waals surface area (Å²) in [7, 11) is 1.63. The van der Waals surface area contributed by atoms with Crippen molar-refractivity contribution in [3.05, 3.63) is 34.2 Å². The van der Waals surface area contributed by atoms with Gasteiger partial charge < -0.3 is 14.4 Å². The first-order chi connectivity index (χ1) is 8.65. The highest BCUT2D eigenvalue weighted by molar-refractivity contribution is 5.86. The fourth-order valence-corrected chi connectivity index (χ4v) is 2.60. The van der Waals surface area contributed by atoms with Gasteiger partial charge in [-0.15, -0.1) is 0 Å². The largest absolute Gasteiger partial charge is 0.477 e. The third-order valence-electron chi connectivity index (χ3n) is 3.53. The summed E-state index contributed by atoms with van der Waals surface area (Å²) in [4.78, 5) is 23.1. The molecule has 0 aliphatic heterocycles. The Morgan fingerprint density at radius 2 is 2.17 bits per heavy atom. The van der Waals surface area contributed by atoms with Crippen molar-refractivity contribution in [2.24, 2.45) is 0 Å². The minimum atomic E-state index is -1.18. The Labute approximate surface area is 105 Å². The lowest BCUT2D eigenvalue weighted by Gasteiger charge is -2.31. The minimum Gasteiger partial charge on any atom is -0.477 e. The molecular weight excluding hydrogens is 234 g/mol. The number of pyridine rings is 1. The van der Waals surface area contributed by atoms with Crippen molar-refractivity contribution in [3.8, 4) is 0 Å². The van der Waals surface area contributed by atoms with E-state index < -0.39 is 11.5 Å². The molecule has 1 unspecified atom stereocenters. The van der Waals surface area contributed by atoms with E-state index in [1.165, 1.54) is 10.6 Å². The Morgan fingerprint density at radius 1 is 1.44 bits per heavy atom. The summed E-state index contributed by atoms with van der Waals surface area (Å²) in [6.45, 7) is 0. The van der Waals surface area contributed by atoms with E-state index in [4.69, 9.17) is 9.84 Å². The normalized spacial score (nSPS) is 23.8. The van der Waals surface area contributed by atoms with Crippen LogP contribution in [0.25, 0.3) is 0 Å². The molecule has 1 fully saturated rings. The van der Waals surface area contributed by atoms with Crippen LogP contribution in [0.5, 0.6) is 0 Å². The molecule has 2 rings (SSSR count). The van der Waals surface area contributed by atoms with Gasteiger partial charge in [-0.25, -0.2) is 4.79 Å². The van der Waals surface area contributed by atoms with Crippen LogP contribution in [0.1, 0.15) is 42.1 Å². The van der Waals surface area contributed by atoms with Gasteiger partial charge in [0, 0.05) is 13.3 Å². The molecule has 2 atom stereocenters. The summed E-state index contributed by atoms with van der Waals surface area (Å²) in [5.41, 5.74) is -0.628. The predicted molar refractivity (Wildman–Crippen MR) is 66.0 cm³/mol. The number of rotatable bonds is 3. The molecule has 1 heterocycles. The fraction of sp³-hybridized carbons (Fsp3) is 0.538.